The molecule has 3 amide bonds. The Morgan fingerprint density at radius 3 is 2.81 bits per heavy atom. The molecule has 2 N–H and O–H groups in total. The van der Waals surface area contributed by atoms with E-state index in [-0.39, 0.29) is 6.54 Å². The minimum atomic E-state index is -0.751. The highest BCUT2D eigenvalue weighted by Gasteiger charge is 2.12. The van der Waals surface area contributed by atoms with Crippen molar-refractivity contribution in [3.63, 3.8) is 0 Å². The number of rotatable bonds is 3. The molecule has 0 aromatic carbocycles. The van der Waals surface area contributed by atoms with Crippen LogP contribution in [0.1, 0.15) is 12.7 Å². The Bertz CT molecular complexity index is 390. The number of urea groups is 1. The fourth-order valence-corrected chi connectivity index (χ4v) is 0.934. The highest BCUT2D eigenvalue weighted by Crippen LogP contribution is 1.92. The van der Waals surface area contributed by atoms with Crippen LogP contribution in [-0.2, 0) is 18.4 Å². The zero-order valence-electron chi connectivity index (χ0n) is 8.90. The predicted octanol–water partition coefficient (Wildman–Crippen LogP) is -0.232. The third kappa shape index (κ3) is 3.85. The van der Waals surface area contributed by atoms with Gasteiger partial charge in [-0.25, -0.2) is 9.78 Å². The van der Waals surface area contributed by atoms with Gasteiger partial charge in [-0.1, -0.05) is 0 Å². The summed E-state index contributed by atoms with van der Waals surface area (Å²) in [4.78, 5) is 26.1. The third-order valence-corrected chi connectivity index (χ3v) is 1.85. The quantitative estimate of drug-likeness (QED) is 0.720. The summed E-state index contributed by atoms with van der Waals surface area (Å²) in [6.45, 7) is 1.63. The van der Waals surface area contributed by atoms with E-state index >= 15 is 0 Å². The van der Waals surface area contributed by atoms with Gasteiger partial charge in [-0.2, -0.15) is 5.10 Å². The van der Waals surface area contributed by atoms with Gasteiger partial charge in [0.05, 0.1) is 6.54 Å². The number of nitrogens with zero attached hydrogens (tertiary/aromatic N) is 3. The molecule has 0 aliphatic heterocycles. The van der Waals surface area contributed by atoms with Crippen LogP contribution in [0.5, 0.6) is 0 Å². The summed E-state index contributed by atoms with van der Waals surface area (Å²) in [6.07, 6.45) is 1.51. The van der Waals surface area contributed by atoms with Crippen molar-refractivity contribution < 1.29 is 9.59 Å². The normalized spacial score (nSPS) is 11.9. The highest BCUT2D eigenvalue weighted by molar-refractivity contribution is 6.31. The number of aromatic nitrogens is 3. The first-order valence-corrected chi connectivity index (χ1v) is 5.00. The van der Waals surface area contributed by atoms with Crippen LogP contribution < -0.4 is 10.6 Å². The van der Waals surface area contributed by atoms with Gasteiger partial charge in [-0.3, -0.25) is 14.8 Å². The van der Waals surface area contributed by atoms with Crippen LogP contribution in [0.4, 0.5) is 4.79 Å². The average molecular weight is 246 g/mol. The number of carbonyl (C=O) groups is 2. The number of alkyl halides is 1. The van der Waals surface area contributed by atoms with Gasteiger partial charge in [0.1, 0.15) is 11.7 Å². The molecule has 1 aromatic rings. The maximum absolute atomic E-state index is 11.2. The Kier molecular flexibility index (Phi) is 4.24. The average Bonchev–Trinajstić information content (AvgIpc) is 2.61. The molecule has 0 aliphatic carbocycles. The van der Waals surface area contributed by atoms with Gasteiger partial charge in [0, 0.05) is 7.05 Å². The van der Waals surface area contributed by atoms with E-state index in [1.807, 2.05) is 0 Å². The molecule has 0 aliphatic rings. The smallest absolute Gasteiger partial charge is 0.321 e. The summed E-state index contributed by atoms with van der Waals surface area (Å²) in [7, 11) is 1.72. The SMILES string of the molecule is CC(Cl)C(=O)NC(=O)NCc1ncn(C)n1. The molecule has 0 radical (unpaired) electrons. The molecule has 0 spiro atoms. The summed E-state index contributed by atoms with van der Waals surface area (Å²) < 4.78 is 1.51. The van der Waals surface area contributed by atoms with Crippen LogP contribution in [0.2, 0.25) is 0 Å². The van der Waals surface area contributed by atoms with E-state index in [0.717, 1.165) is 0 Å². The first-order valence-electron chi connectivity index (χ1n) is 4.56. The summed E-state index contributed by atoms with van der Waals surface area (Å²) >= 11 is 5.47. The lowest BCUT2D eigenvalue weighted by Gasteiger charge is -2.05. The van der Waals surface area contributed by atoms with Crippen molar-refractivity contribution in [2.45, 2.75) is 18.8 Å². The van der Waals surface area contributed by atoms with Crippen molar-refractivity contribution >= 4 is 23.5 Å². The molecule has 88 valence electrons. The second-order valence-electron chi connectivity index (χ2n) is 3.12. The van der Waals surface area contributed by atoms with Gasteiger partial charge in [0.25, 0.3) is 0 Å². The van der Waals surface area contributed by atoms with Crippen LogP contribution in [0.3, 0.4) is 0 Å². The Hall–Kier alpha value is -1.63. The van der Waals surface area contributed by atoms with E-state index in [4.69, 9.17) is 11.6 Å². The summed E-state index contributed by atoms with van der Waals surface area (Å²) in [5.74, 6) is -0.0860. The van der Waals surface area contributed by atoms with Crippen LogP contribution >= 0.6 is 11.6 Å². The molecule has 0 bridgehead atoms. The Labute approximate surface area is 97.2 Å². The zero-order valence-corrected chi connectivity index (χ0v) is 9.65. The fraction of sp³-hybridized carbons (Fsp3) is 0.500. The topological polar surface area (TPSA) is 88.9 Å². The van der Waals surface area contributed by atoms with Gasteiger partial charge < -0.3 is 5.32 Å². The van der Waals surface area contributed by atoms with E-state index in [0.29, 0.717) is 5.82 Å². The highest BCUT2D eigenvalue weighted by atomic mass is 35.5. The minimum Gasteiger partial charge on any atom is -0.330 e. The maximum Gasteiger partial charge on any atom is 0.321 e. The first kappa shape index (κ1) is 12.4. The molecule has 16 heavy (non-hydrogen) atoms. The van der Waals surface area contributed by atoms with E-state index in [1.54, 1.807) is 7.05 Å². The number of nitrogens with one attached hydrogen (secondary N) is 2. The molecule has 1 aromatic heterocycles. The number of halogens is 1. The second kappa shape index (κ2) is 5.45. The van der Waals surface area contributed by atoms with Crippen molar-refractivity contribution in [1.29, 1.82) is 0 Å². The molecule has 1 atom stereocenters. The molecule has 0 fully saturated rings. The van der Waals surface area contributed by atoms with Crippen molar-refractivity contribution in [3.05, 3.63) is 12.2 Å². The van der Waals surface area contributed by atoms with Crippen LogP contribution in [0.25, 0.3) is 0 Å². The number of amides is 3. The molecule has 1 unspecified atom stereocenters. The van der Waals surface area contributed by atoms with E-state index in [9.17, 15) is 9.59 Å². The summed E-state index contributed by atoms with van der Waals surface area (Å²) in [6, 6.07) is -0.620. The number of hydrogen-bond acceptors (Lipinski definition) is 4. The van der Waals surface area contributed by atoms with Crippen molar-refractivity contribution in [3.8, 4) is 0 Å². The first-order chi connectivity index (χ1) is 7.49. The molecule has 0 saturated heterocycles. The lowest BCUT2D eigenvalue weighted by molar-refractivity contribution is -0.119. The number of carbonyl (C=O) groups excluding carboxylic acids is 2. The van der Waals surface area contributed by atoms with E-state index < -0.39 is 17.3 Å². The molecule has 1 rings (SSSR count). The van der Waals surface area contributed by atoms with Crippen LogP contribution in [0, 0.1) is 0 Å². The summed E-state index contributed by atoms with van der Waals surface area (Å²) in [5.41, 5.74) is 0. The monoisotopic (exact) mass is 245 g/mol. The molecular weight excluding hydrogens is 234 g/mol. The van der Waals surface area contributed by atoms with Crippen LogP contribution in [-0.4, -0.2) is 32.1 Å². The standard InChI is InChI=1S/C8H12ClN5O2/c1-5(9)7(15)12-8(16)10-3-6-11-4-14(2)13-6/h4-5H,3H2,1-2H3,(H2,10,12,15,16). The number of hydrogen-bond donors (Lipinski definition) is 2. The fourth-order valence-electron chi connectivity index (χ4n) is 0.880. The number of imide groups is 1. The molecule has 8 heteroatoms. The minimum absolute atomic E-state index is 0.149. The lowest BCUT2D eigenvalue weighted by atomic mass is 10.4. The van der Waals surface area contributed by atoms with Crippen molar-refractivity contribution in [2.75, 3.05) is 0 Å². The van der Waals surface area contributed by atoms with Crippen molar-refractivity contribution in [1.82, 2.24) is 25.4 Å². The largest absolute Gasteiger partial charge is 0.330 e. The predicted molar refractivity (Wildman–Crippen MR) is 56.7 cm³/mol. The van der Waals surface area contributed by atoms with Gasteiger partial charge in [-0.15, -0.1) is 11.6 Å². The van der Waals surface area contributed by atoms with Gasteiger partial charge >= 0.3 is 6.03 Å². The maximum atomic E-state index is 11.2. The lowest BCUT2D eigenvalue weighted by Crippen LogP contribution is -2.42. The molecule has 7 nitrogen and oxygen atoms in total. The molecule has 1 heterocycles. The van der Waals surface area contributed by atoms with E-state index in [2.05, 4.69) is 20.7 Å². The Balaban J connectivity index is 2.33. The number of aryl methyl sites for hydroxylation is 1. The van der Waals surface area contributed by atoms with Gasteiger partial charge in [0.15, 0.2) is 5.82 Å². The second-order valence-corrected chi connectivity index (χ2v) is 3.78. The molecular formula is C8H12ClN5O2. The van der Waals surface area contributed by atoms with Crippen molar-refractivity contribution in [2.24, 2.45) is 7.05 Å². The summed E-state index contributed by atoms with van der Waals surface area (Å²) in [5, 5.41) is 7.70. The van der Waals surface area contributed by atoms with E-state index in [1.165, 1.54) is 17.9 Å². The zero-order chi connectivity index (χ0) is 12.1. The van der Waals surface area contributed by atoms with Gasteiger partial charge in [-0.05, 0) is 6.92 Å². The Morgan fingerprint density at radius 1 is 1.62 bits per heavy atom. The Morgan fingerprint density at radius 2 is 2.31 bits per heavy atom. The van der Waals surface area contributed by atoms with Crippen LogP contribution in [0.15, 0.2) is 6.33 Å². The molecule has 0 saturated carbocycles. The third-order valence-electron chi connectivity index (χ3n) is 1.65. The van der Waals surface area contributed by atoms with Gasteiger partial charge in [0.2, 0.25) is 5.91 Å².